The molecule has 2 heterocycles. The molecule has 0 saturated carbocycles. The maximum atomic E-state index is 5.67. The van der Waals surface area contributed by atoms with E-state index in [0.717, 1.165) is 25.7 Å². The fourth-order valence-electron chi connectivity index (χ4n) is 2.12. The zero-order valence-electron chi connectivity index (χ0n) is 9.83. The number of aryl methyl sites for hydroxylation is 1. The Morgan fingerprint density at radius 2 is 2.17 bits per heavy atom. The fraction of sp³-hybridized carbons (Fsp3) is 0.154. The predicted molar refractivity (Wildman–Crippen MR) is 79.7 cm³/mol. The van der Waals surface area contributed by atoms with E-state index in [1.54, 1.807) is 11.3 Å². The second kappa shape index (κ2) is 4.50. The van der Waals surface area contributed by atoms with Gasteiger partial charge in [0.2, 0.25) is 0 Å². The molecule has 92 valence electrons. The first kappa shape index (κ1) is 11.9. The Morgan fingerprint density at radius 1 is 1.39 bits per heavy atom. The molecule has 1 aromatic carbocycles. The van der Waals surface area contributed by atoms with Crippen molar-refractivity contribution in [2.24, 2.45) is 5.73 Å². The third-order valence-corrected chi connectivity index (χ3v) is 4.80. The van der Waals surface area contributed by atoms with Crippen LogP contribution >= 0.6 is 27.3 Å². The summed E-state index contributed by atoms with van der Waals surface area (Å²) in [4.78, 5) is 8.00. The van der Waals surface area contributed by atoms with E-state index in [0.29, 0.717) is 6.54 Å². The van der Waals surface area contributed by atoms with E-state index in [1.165, 1.54) is 10.9 Å². The normalized spacial score (nSPS) is 11.3. The molecular formula is C13H12BrN3S. The van der Waals surface area contributed by atoms with Gasteiger partial charge in [0.25, 0.3) is 0 Å². The van der Waals surface area contributed by atoms with Crippen molar-refractivity contribution < 1.29 is 0 Å². The number of aromatic nitrogens is 2. The van der Waals surface area contributed by atoms with Crippen molar-refractivity contribution in [3.05, 3.63) is 39.4 Å². The lowest BCUT2D eigenvalue weighted by atomic mass is 10.1. The molecule has 0 radical (unpaired) electrons. The van der Waals surface area contributed by atoms with Crippen LogP contribution in [0, 0.1) is 6.92 Å². The maximum absolute atomic E-state index is 5.67. The Kier molecular flexibility index (Phi) is 2.97. The third kappa shape index (κ3) is 1.79. The van der Waals surface area contributed by atoms with Gasteiger partial charge in [-0.1, -0.05) is 18.2 Å². The molecule has 0 aliphatic rings. The monoisotopic (exact) mass is 321 g/mol. The number of fused-ring (bicyclic) bond motifs is 1. The smallest absolute Gasteiger partial charge is 0.127 e. The first-order valence-electron chi connectivity index (χ1n) is 5.63. The summed E-state index contributed by atoms with van der Waals surface area (Å²) in [6, 6.07) is 8.28. The van der Waals surface area contributed by atoms with Gasteiger partial charge in [0.1, 0.15) is 5.01 Å². The molecule has 0 atom stereocenters. The Morgan fingerprint density at radius 3 is 2.89 bits per heavy atom. The van der Waals surface area contributed by atoms with Crippen LogP contribution in [0.5, 0.6) is 0 Å². The van der Waals surface area contributed by atoms with Crippen LogP contribution in [0.3, 0.4) is 0 Å². The highest BCUT2D eigenvalue weighted by atomic mass is 79.9. The number of nitrogens with one attached hydrogen (secondary N) is 1. The number of benzene rings is 1. The molecule has 0 amide bonds. The lowest BCUT2D eigenvalue weighted by Crippen LogP contribution is -1.96. The molecule has 0 unspecified atom stereocenters. The van der Waals surface area contributed by atoms with Gasteiger partial charge in [-0.3, -0.25) is 0 Å². The maximum Gasteiger partial charge on any atom is 0.127 e. The standard InChI is InChI=1S/C13H12BrN3S/c1-7-11(8-4-2-3-5-9(8)16-7)13-17-10(6-15)12(14)18-13/h2-5,16H,6,15H2,1H3. The summed E-state index contributed by atoms with van der Waals surface area (Å²) >= 11 is 5.15. The molecule has 5 heteroatoms. The van der Waals surface area contributed by atoms with E-state index in [-0.39, 0.29) is 0 Å². The Labute approximate surface area is 117 Å². The van der Waals surface area contributed by atoms with Gasteiger partial charge >= 0.3 is 0 Å². The van der Waals surface area contributed by atoms with Gasteiger partial charge in [-0.05, 0) is 28.9 Å². The highest BCUT2D eigenvalue weighted by Gasteiger charge is 2.15. The van der Waals surface area contributed by atoms with Crippen LogP contribution in [-0.2, 0) is 6.54 Å². The molecule has 0 bridgehead atoms. The highest BCUT2D eigenvalue weighted by molar-refractivity contribution is 9.11. The Hall–Kier alpha value is -1.17. The second-order valence-corrected chi connectivity index (χ2v) is 6.43. The number of thiazole rings is 1. The van der Waals surface area contributed by atoms with Crippen LogP contribution in [0.25, 0.3) is 21.5 Å². The number of nitrogens with two attached hydrogens (primary N) is 1. The molecule has 18 heavy (non-hydrogen) atoms. The lowest BCUT2D eigenvalue weighted by molar-refractivity contribution is 1.01. The van der Waals surface area contributed by atoms with Gasteiger partial charge in [0, 0.05) is 28.7 Å². The van der Waals surface area contributed by atoms with E-state index in [9.17, 15) is 0 Å². The molecule has 0 saturated heterocycles. The summed E-state index contributed by atoms with van der Waals surface area (Å²) in [7, 11) is 0. The van der Waals surface area contributed by atoms with E-state index >= 15 is 0 Å². The summed E-state index contributed by atoms with van der Waals surface area (Å²) < 4.78 is 1.02. The zero-order chi connectivity index (χ0) is 12.7. The first-order chi connectivity index (χ1) is 8.70. The van der Waals surface area contributed by atoms with Crippen molar-refractivity contribution in [3.63, 3.8) is 0 Å². The SMILES string of the molecule is Cc1[nH]c2ccccc2c1-c1nc(CN)c(Br)s1. The third-order valence-electron chi connectivity index (χ3n) is 2.95. The molecule has 0 aliphatic heterocycles. The van der Waals surface area contributed by atoms with Gasteiger partial charge in [0.15, 0.2) is 0 Å². The number of hydrogen-bond donors (Lipinski definition) is 2. The molecule has 0 aliphatic carbocycles. The first-order valence-corrected chi connectivity index (χ1v) is 7.24. The topological polar surface area (TPSA) is 54.7 Å². The quantitative estimate of drug-likeness (QED) is 0.753. The molecular weight excluding hydrogens is 310 g/mol. The van der Waals surface area contributed by atoms with E-state index < -0.39 is 0 Å². The van der Waals surface area contributed by atoms with Crippen LogP contribution in [-0.4, -0.2) is 9.97 Å². The van der Waals surface area contributed by atoms with Crippen molar-refractivity contribution in [2.45, 2.75) is 13.5 Å². The van der Waals surface area contributed by atoms with Crippen molar-refractivity contribution in [3.8, 4) is 10.6 Å². The van der Waals surface area contributed by atoms with Crippen LogP contribution < -0.4 is 5.73 Å². The van der Waals surface area contributed by atoms with Crippen molar-refractivity contribution in [2.75, 3.05) is 0 Å². The minimum Gasteiger partial charge on any atom is -0.358 e. The van der Waals surface area contributed by atoms with Crippen LogP contribution in [0.15, 0.2) is 28.1 Å². The molecule has 0 spiro atoms. The molecule has 3 rings (SSSR count). The minimum absolute atomic E-state index is 0.457. The van der Waals surface area contributed by atoms with Gasteiger partial charge in [0.05, 0.1) is 9.48 Å². The summed E-state index contributed by atoms with van der Waals surface area (Å²) in [6.45, 7) is 2.53. The lowest BCUT2D eigenvalue weighted by Gasteiger charge is -1.95. The van der Waals surface area contributed by atoms with Gasteiger partial charge in [-0.25, -0.2) is 4.98 Å². The van der Waals surface area contributed by atoms with Gasteiger partial charge in [-0.15, -0.1) is 11.3 Å². The number of para-hydroxylation sites is 1. The second-order valence-electron chi connectivity index (χ2n) is 4.11. The number of aromatic amines is 1. The molecule has 3 aromatic rings. The molecule has 2 aromatic heterocycles. The number of nitrogens with zero attached hydrogens (tertiary/aromatic N) is 1. The van der Waals surface area contributed by atoms with Crippen LogP contribution in [0.1, 0.15) is 11.4 Å². The molecule has 0 fully saturated rings. The van der Waals surface area contributed by atoms with Gasteiger partial charge < -0.3 is 10.7 Å². The minimum atomic E-state index is 0.457. The van der Waals surface area contributed by atoms with Crippen LogP contribution in [0.2, 0.25) is 0 Å². The molecule has 3 N–H and O–H groups in total. The van der Waals surface area contributed by atoms with E-state index in [2.05, 4.69) is 45.0 Å². The molecule has 3 nitrogen and oxygen atoms in total. The Balaban J connectivity index is 2.27. The average Bonchev–Trinajstić information content (AvgIpc) is 2.88. The largest absolute Gasteiger partial charge is 0.358 e. The Bertz CT molecular complexity index is 714. The number of rotatable bonds is 2. The van der Waals surface area contributed by atoms with Crippen molar-refractivity contribution >= 4 is 38.2 Å². The number of H-pyrrole nitrogens is 1. The van der Waals surface area contributed by atoms with Crippen LogP contribution in [0.4, 0.5) is 0 Å². The van der Waals surface area contributed by atoms with Crippen molar-refractivity contribution in [1.29, 1.82) is 0 Å². The average molecular weight is 322 g/mol. The summed E-state index contributed by atoms with van der Waals surface area (Å²) in [6.07, 6.45) is 0. The fourth-order valence-corrected chi connectivity index (χ4v) is 3.77. The van der Waals surface area contributed by atoms with E-state index in [1.807, 2.05) is 12.1 Å². The summed E-state index contributed by atoms with van der Waals surface area (Å²) in [5.41, 5.74) is 10.1. The number of hydrogen-bond acceptors (Lipinski definition) is 3. The summed E-state index contributed by atoms with van der Waals surface area (Å²) in [5, 5.41) is 2.22. The predicted octanol–water partition coefficient (Wildman–Crippen LogP) is 3.82. The zero-order valence-corrected chi connectivity index (χ0v) is 12.2. The van der Waals surface area contributed by atoms with Gasteiger partial charge in [-0.2, -0.15) is 0 Å². The summed E-state index contributed by atoms with van der Waals surface area (Å²) in [5.74, 6) is 0. The number of halogens is 1. The van der Waals surface area contributed by atoms with E-state index in [4.69, 9.17) is 5.73 Å². The van der Waals surface area contributed by atoms with Crippen molar-refractivity contribution in [1.82, 2.24) is 9.97 Å². The highest BCUT2D eigenvalue weighted by Crippen LogP contribution is 2.37.